The summed E-state index contributed by atoms with van der Waals surface area (Å²) in [5.41, 5.74) is 3.79. The molecule has 142 valence electrons. The van der Waals surface area contributed by atoms with Gasteiger partial charge in [-0.2, -0.15) is 14.6 Å². The van der Waals surface area contributed by atoms with Crippen molar-refractivity contribution in [1.82, 2.24) is 24.5 Å². The van der Waals surface area contributed by atoms with E-state index in [1.807, 2.05) is 4.52 Å². The summed E-state index contributed by atoms with van der Waals surface area (Å²) >= 11 is 0. The minimum absolute atomic E-state index is 0.678. The molecule has 0 unspecified atom stereocenters. The van der Waals surface area contributed by atoms with Gasteiger partial charge in [-0.3, -0.25) is 4.90 Å². The van der Waals surface area contributed by atoms with E-state index in [0.717, 1.165) is 37.6 Å². The maximum absolute atomic E-state index is 4.67. The predicted molar refractivity (Wildman–Crippen MR) is 108 cm³/mol. The highest BCUT2D eigenvalue weighted by Crippen LogP contribution is 2.29. The molecule has 0 atom stereocenters. The molecule has 1 aromatic carbocycles. The molecule has 1 aliphatic heterocycles. The van der Waals surface area contributed by atoms with Gasteiger partial charge in [-0.25, -0.2) is 4.98 Å². The van der Waals surface area contributed by atoms with E-state index in [1.165, 1.54) is 24.0 Å². The minimum atomic E-state index is 0.678. The molecule has 0 amide bonds. The smallest absolute Gasteiger partial charge is 0.254 e. The summed E-state index contributed by atoms with van der Waals surface area (Å²) in [6.07, 6.45) is 5.10. The number of rotatable bonds is 5. The Bertz CT molecular complexity index is 894. The summed E-state index contributed by atoms with van der Waals surface area (Å²) in [5.74, 6) is 2.48. The average Bonchev–Trinajstić information content (AvgIpc) is 3.12. The van der Waals surface area contributed by atoms with Gasteiger partial charge in [0.05, 0.1) is 0 Å². The molecule has 6 nitrogen and oxygen atoms in total. The lowest BCUT2D eigenvalue weighted by Crippen LogP contribution is -2.34. The van der Waals surface area contributed by atoms with Gasteiger partial charge in [0.15, 0.2) is 0 Å². The van der Waals surface area contributed by atoms with Crippen LogP contribution in [-0.2, 0) is 13.0 Å². The lowest BCUT2D eigenvalue weighted by molar-refractivity contribution is 0.177. The highest BCUT2D eigenvalue weighted by atomic mass is 15.4. The number of fused-ring (bicyclic) bond motifs is 1. The fraction of sp³-hybridized carbons (Fsp3) is 0.476. The molecule has 1 fully saturated rings. The molecular formula is C21H28N6. The van der Waals surface area contributed by atoms with Crippen LogP contribution in [-0.4, -0.2) is 51.7 Å². The molecule has 0 bridgehead atoms. The SMILES string of the molecule is Cc1nc2ncnn2c(N(C)C)c1CC1CCN(Cc2ccccc2)CC1. The van der Waals surface area contributed by atoms with Gasteiger partial charge in [0.25, 0.3) is 5.78 Å². The van der Waals surface area contributed by atoms with Crippen LogP contribution >= 0.6 is 0 Å². The largest absolute Gasteiger partial charge is 0.362 e. The first-order valence-corrected chi connectivity index (χ1v) is 9.74. The van der Waals surface area contributed by atoms with E-state index in [0.29, 0.717) is 11.7 Å². The fourth-order valence-corrected chi connectivity index (χ4v) is 4.15. The van der Waals surface area contributed by atoms with Gasteiger partial charge in [-0.1, -0.05) is 30.3 Å². The number of benzene rings is 1. The minimum Gasteiger partial charge on any atom is -0.362 e. The average molecular weight is 364 g/mol. The molecule has 4 rings (SSSR count). The number of hydrogen-bond donors (Lipinski definition) is 0. The molecule has 1 saturated heterocycles. The van der Waals surface area contributed by atoms with Crippen LogP contribution in [0.5, 0.6) is 0 Å². The van der Waals surface area contributed by atoms with Gasteiger partial charge < -0.3 is 4.90 Å². The Morgan fingerprint density at radius 1 is 1.11 bits per heavy atom. The van der Waals surface area contributed by atoms with Crippen molar-refractivity contribution in [2.75, 3.05) is 32.1 Å². The second kappa shape index (κ2) is 7.64. The molecule has 0 saturated carbocycles. The third kappa shape index (κ3) is 3.81. The summed E-state index contributed by atoms with van der Waals surface area (Å²) < 4.78 is 1.87. The van der Waals surface area contributed by atoms with Gasteiger partial charge in [0, 0.05) is 31.9 Å². The van der Waals surface area contributed by atoms with Crippen LogP contribution in [0.25, 0.3) is 5.78 Å². The highest BCUT2D eigenvalue weighted by Gasteiger charge is 2.24. The topological polar surface area (TPSA) is 49.6 Å². The molecule has 2 aromatic heterocycles. The van der Waals surface area contributed by atoms with Crippen molar-refractivity contribution >= 4 is 11.6 Å². The third-order valence-corrected chi connectivity index (χ3v) is 5.58. The lowest BCUT2D eigenvalue weighted by atomic mass is 9.89. The van der Waals surface area contributed by atoms with Gasteiger partial charge in [-0.15, -0.1) is 0 Å². The predicted octanol–water partition coefficient (Wildman–Crippen LogP) is 2.95. The van der Waals surface area contributed by atoms with Crippen LogP contribution in [0.1, 0.15) is 29.7 Å². The Hall–Kier alpha value is -2.47. The van der Waals surface area contributed by atoms with E-state index in [9.17, 15) is 0 Å². The fourth-order valence-electron chi connectivity index (χ4n) is 4.15. The zero-order valence-corrected chi connectivity index (χ0v) is 16.5. The zero-order valence-electron chi connectivity index (χ0n) is 16.5. The van der Waals surface area contributed by atoms with Crippen LogP contribution in [0.4, 0.5) is 5.82 Å². The van der Waals surface area contributed by atoms with Crippen molar-refractivity contribution in [2.45, 2.75) is 32.7 Å². The van der Waals surface area contributed by atoms with E-state index in [-0.39, 0.29) is 0 Å². The van der Waals surface area contributed by atoms with Gasteiger partial charge in [0.2, 0.25) is 0 Å². The lowest BCUT2D eigenvalue weighted by Gasteiger charge is -2.33. The molecule has 6 heteroatoms. The van der Waals surface area contributed by atoms with E-state index in [1.54, 1.807) is 6.33 Å². The number of piperidine rings is 1. The van der Waals surface area contributed by atoms with Crippen molar-refractivity contribution < 1.29 is 0 Å². The van der Waals surface area contributed by atoms with E-state index < -0.39 is 0 Å². The molecule has 3 heterocycles. The summed E-state index contributed by atoms with van der Waals surface area (Å²) in [6, 6.07) is 10.8. The first kappa shape index (κ1) is 17.9. The first-order chi connectivity index (χ1) is 13.1. The molecular weight excluding hydrogens is 336 g/mol. The first-order valence-electron chi connectivity index (χ1n) is 9.74. The van der Waals surface area contributed by atoms with Crippen LogP contribution in [0.15, 0.2) is 36.7 Å². The van der Waals surface area contributed by atoms with E-state index in [4.69, 9.17) is 0 Å². The zero-order chi connectivity index (χ0) is 18.8. The molecule has 0 spiro atoms. The Labute approximate surface area is 160 Å². The van der Waals surface area contributed by atoms with Crippen LogP contribution in [0.2, 0.25) is 0 Å². The molecule has 0 radical (unpaired) electrons. The van der Waals surface area contributed by atoms with Crippen molar-refractivity contribution in [2.24, 2.45) is 5.92 Å². The quantitative estimate of drug-likeness (QED) is 0.697. The van der Waals surface area contributed by atoms with Gasteiger partial charge in [-0.05, 0) is 50.8 Å². The number of aromatic nitrogens is 4. The van der Waals surface area contributed by atoms with Crippen LogP contribution in [0, 0.1) is 12.8 Å². The number of nitrogens with zero attached hydrogens (tertiary/aromatic N) is 6. The normalized spacial score (nSPS) is 16.1. The Kier molecular flexibility index (Phi) is 5.07. The van der Waals surface area contributed by atoms with Crippen molar-refractivity contribution in [1.29, 1.82) is 0 Å². The Morgan fingerprint density at radius 3 is 2.56 bits per heavy atom. The summed E-state index contributed by atoms with van der Waals surface area (Å²) in [7, 11) is 4.14. The van der Waals surface area contributed by atoms with Gasteiger partial charge >= 0.3 is 0 Å². The molecule has 0 aliphatic carbocycles. The standard InChI is InChI=1S/C21H28N6/c1-16-19(20(25(2)3)27-21(24-16)22-15-23-27)13-17-9-11-26(12-10-17)14-18-7-5-4-6-8-18/h4-8,15,17H,9-14H2,1-3H3. The third-order valence-electron chi connectivity index (χ3n) is 5.58. The molecule has 27 heavy (non-hydrogen) atoms. The monoisotopic (exact) mass is 364 g/mol. The van der Waals surface area contributed by atoms with E-state index >= 15 is 0 Å². The van der Waals surface area contributed by atoms with Crippen molar-refractivity contribution in [3.05, 3.63) is 53.5 Å². The number of aryl methyl sites for hydroxylation is 1. The number of likely N-dealkylation sites (tertiary alicyclic amines) is 1. The second-order valence-electron chi connectivity index (χ2n) is 7.77. The molecule has 0 N–H and O–H groups in total. The maximum atomic E-state index is 4.67. The maximum Gasteiger partial charge on any atom is 0.254 e. The van der Waals surface area contributed by atoms with Crippen LogP contribution < -0.4 is 4.90 Å². The molecule has 1 aliphatic rings. The number of anilines is 1. The van der Waals surface area contributed by atoms with Crippen molar-refractivity contribution in [3.63, 3.8) is 0 Å². The van der Waals surface area contributed by atoms with E-state index in [2.05, 4.69) is 76.2 Å². The van der Waals surface area contributed by atoms with Gasteiger partial charge in [0.1, 0.15) is 12.1 Å². The Morgan fingerprint density at radius 2 is 1.85 bits per heavy atom. The number of hydrogen-bond acceptors (Lipinski definition) is 5. The molecule has 3 aromatic rings. The second-order valence-corrected chi connectivity index (χ2v) is 7.77. The summed E-state index contributed by atoms with van der Waals surface area (Å²) in [5, 5.41) is 4.39. The summed E-state index contributed by atoms with van der Waals surface area (Å²) in [4.78, 5) is 13.6. The van der Waals surface area contributed by atoms with Crippen LogP contribution in [0.3, 0.4) is 0 Å². The highest BCUT2D eigenvalue weighted by molar-refractivity contribution is 5.53. The van der Waals surface area contributed by atoms with Crippen molar-refractivity contribution in [3.8, 4) is 0 Å². The Balaban J connectivity index is 1.46. The summed E-state index contributed by atoms with van der Waals surface area (Å²) in [6.45, 7) is 5.48.